The van der Waals surface area contributed by atoms with Crippen molar-refractivity contribution in [3.05, 3.63) is 35.6 Å². The lowest BCUT2D eigenvalue weighted by molar-refractivity contribution is -0.130. The molecule has 2 N–H and O–H groups in total. The smallest absolute Gasteiger partial charge is 0.320 e. The van der Waals surface area contributed by atoms with Gasteiger partial charge in [-0.15, -0.1) is 0 Å². The lowest BCUT2D eigenvalue weighted by Crippen LogP contribution is -2.42. The van der Waals surface area contributed by atoms with Crippen LogP contribution in [0.25, 0.3) is 0 Å². The summed E-state index contributed by atoms with van der Waals surface area (Å²) < 4.78 is 13.8. The monoisotopic (exact) mass is 376 g/mol. The summed E-state index contributed by atoms with van der Waals surface area (Å²) in [6.45, 7) is 2.47. The van der Waals surface area contributed by atoms with Gasteiger partial charge in [-0.3, -0.25) is 4.79 Å². The standard InChI is InChI=1S/C20H29FN4O2/c1-23(2)20(27)25-12-15-11-24(18(26)8-3-4-9-22)13-17(15)19(25)14-6-5-7-16(21)10-14/h5-7,10,15,17,19H,3-4,8-9,11-13,22H2,1-2H3/t15-,17-,19-/m1/s1. The summed E-state index contributed by atoms with van der Waals surface area (Å²) in [5.74, 6) is 0.206. The first kappa shape index (κ1) is 19.6. The Morgan fingerprint density at radius 2 is 2.00 bits per heavy atom. The van der Waals surface area contributed by atoms with Crippen molar-refractivity contribution in [1.82, 2.24) is 14.7 Å². The predicted molar refractivity (Wildman–Crippen MR) is 101 cm³/mol. The first-order valence-electron chi connectivity index (χ1n) is 9.63. The Labute approximate surface area is 160 Å². The highest BCUT2D eigenvalue weighted by Gasteiger charge is 2.50. The molecule has 0 saturated carbocycles. The Morgan fingerprint density at radius 3 is 2.67 bits per heavy atom. The van der Waals surface area contributed by atoms with Crippen LogP contribution >= 0.6 is 0 Å². The van der Waals surface area contributed by atoms with Crippen molar-refractivity contribution in [3.8, 4) is 0 Å². The van der Waals surface area contributed by atoms with E-state index in [1.54, 1.807) is 25.1 Å². The summed E-state index contributed by atoms with van der Waals surface area (Å²) in [7, 11) is 3.46. The topological polar surface area (TPSA) is 69.9 Å². The molecule has 2 aliphatic rings. The third-order valence-corrected chi connectivity index (χ3v) is 5.68. The number of benzene rings is 1. The number of carbonyl (C=O) groups is 2. The van der Waals surface area contributed by atoms with Gasteiger partial charge < -0.3 is 20.4 Å². The Hall–Kier alpha value is -2.15. The second-order valence-electron chi connectivity index (χ2n) is 7.80. The third-order valence-electron chi connectivity index (χ3n) is 5.68. The fourth-order valence-electron chi connectivity index (χ4n) is 4.40. The van der Waals surface area contributed by atoms with Crippen molar-refractivity contribution in [1.29, 1.82) is 0 Å². The highest BCUT2D eigenvalue weighted by atomic mass is 19.1. The maximum absolute atomic E-state index is 13.8. The van der Waals surface area contributed by atoms with Crippen molar-refractivity contribution in [2.75, 3.05) is 40.3 Å². The van der Waals surface area contributed by atoms with Crippen LogP contribution in [-0.4, -0.2) is 66.9 Å². The maximum atomic E-state index is 13.8. The average Bonchev–Trinajstić information content (AvgIpc) is 3.18. The summed E-state index contributed by atoms with van der Waals surface area (Å²) in [5.41, 5.74) is 6.31. The molecule has 0 bridgehead atoms. The molecule has 7 heteroatoms. The van der Waals surface area contributed by atoms with Crippen LogP contribution in [0.2, 0.25) is 0 Å². The van der Waals surface area contributed by atoms with Crippen molar-refractivity contribution in [2.24, 2.45) is 17.6 Å². The van der Waals surface area contributed by atoms with E-state index in [9.17, 15) is 14.0 Å². The van der Waals surface area contributed by atoms with Crippen LogP contribution < -0.4 is 5.73 Å². The van der Waals surface area contributed by atoms with E-state index in [1.165, 1.54) is 12.1 Å². The largest absolute Gasteiger partial charge is 0.342 e. The molecule has 3 atom stereocenters. The van der Waals surface area contributed by atoms with E-state index in [1.807, 2.05) is 15.9 Å². The molecule has 3 amide bonds. The molecule has 0 spiro atoms. The number of nitrogens with two attached hydrogens (primary N) is 1. The highest BCUT2D eigenvalue weighted by Crippen LogP contribution is 2.45. The SMILES string of the molecule is CN(C)C(=O)N1C[C@H]2CN(C(=O)CCCCN)C[C@H]2[C@H]1c1cccc(F)c1. The molecule has 0 aromatic heterocycles. The molecule has 0 unspecified atom stereocenters. The molecule has 6 nitrogen and oxygen atoms in total. The summed E-state index contributed by atoms with van der Waals surface area (Å²) in [6.07, 6.45) is 2.17. The van der Waals surface area contributed by atoms with E-state index in [-0.39, 0.29) is 35.6 Å². The lowest BCUT2D eigenvalue weighted by Gasteiger charge is -2.32. The average molecular weight is 376 g/mol. The van der Waals surface area contributed by atoms with Gasteiger partial charge in [-0.1, -0.05) is 12.1 Å². The van der Waals surface area contributed by atoms with Gasteiger partial charge in [0, 0.05) is 52.0 Å². The van der Waals surface area contributed by atoms with Crippen molar-refractivity contribution in [2.45, 2.75) is 25.3 Å². The summed E-state index contributed by atoms with van der Waals surface area (Å²) >= 11 is 0. The van der Waals surface area contributed by atoms with Crippen LogP contribution in [0.4, 0.5) is 9.18 Å². The summed E-state index contributed by atoms with van der Waals surface area (Å²) in [6, 6.07) is 6.20. The van der Waals surface area contributed by atoms with Gasteiger partial charge in [-0.05, 0) is 37.1 Å². The number of fused-ring (bicyclic) bond motifs is 1. The van der Waals surface area contributed by atoms with Gasteiger partial charge in [0.05, 0.1) is 6.04 Å². The van der Waals surface area contributed by atoms with Crippen LogP contribution in [-0.2, 0) is 4.79 Å². The minimum Gasteiger partial charge on any atom is -0.342 e. The Kier molecular flexibility index (Phi) is 5.99. The molecule has 27 heavy (non-hydrogen) atoms. The van der Waals surface area contributed by atoms with Gasteiger partial charge in [-0.25, -0.2) is 9.18 Å². The minimum atomic E-state index is -0.305. The Bertz CT molecular complexity index is 696. The first-order valence-corrected chi connectivity index (χ1v) is 9.63. The molecular weight excluding hydrogens is 347 g/mol. The Balaban J connectivity index is 1.79. The quantitative estimate of drug-likeness (QED) is 0.800. The second kappa shape index (κ2) is 8.25. The number of carbonyl (C=O) groups excluding carboxylic acids is 2. The molecule has 0 aliphatic carbocycles. The molecule has 1 aromatic carbocycles. The van der Waals surface area contributed by atoms with E-state index in [4.69, 9.17) is 5.73 Å². The number of likely N-dealkylation sites (tertiary alicyclic amines) is 2. The van der Waals surface area contributed by atoms with Crippen LogP contribution in [0.1, 0.15) is 30.9 Å². The van der Waals surface area contributed by atoms with Gasteiger partial charge >= 0.3 is 6.03 Å². The summed E-state index contributed by atoms with van der Waals surface area (Å²) in [5, 5.41) is 0. The number of amides is 3. The predicted octanol–water partition coefficient (Wildman–Crippen LogP) is 2.07. The molecular formula is C20H29FN4O2. The van der Waals surface area contributed by atoms with Gasteiger partial charge in [0.2, 0.25) is 5.91 Å². The zero-order valence-electron chi connectivity index (χ0n) is 16.1. The van der Waals surface area contributed by atoms with E-state index in [0.717, 1.165) is 18.4 Å². The minimum absolute atomic E-state index is 0.0699. The van der Waals surface area contributed by atoms with E-state index >= 15 is 0 Å². The zero-order chi connectivity index (χ0) is 19.6. The maximum Gasteiger partial charge on any atom is 0.320 e. The molecule has 2 saturated heterocycles. The van der Waals surface area contributed by atoms with Crippen LogP contribution in [0.3, 0.4) is 0 Å². The number of halogens is 1. The Morgan fingerprint density at radius 1 is 1.22 bits per heavy atom. The third kappa shape index (κ3) is 4.08. The van der Waals surface area contributed by atoms with Crippen molar-refractivity contribution < 1.29 is 14.0 Å². The number of unbranched alkanes of at least 4 members (excludes halogenated alkanes) is 1. The highest BCUT2D eigenvalue weighted by molar-refractivity contribution is 5.77. The molecule has 0 radical (unpaired) electrons. The number of hydrogen-bond donors (Lipinski definition) is 1. The number of nitrogens with zero attached hydrogens (tertiary/aromatic N) is 3. The van der Waals surface area contributed by atoms with Gasteiger partial charge in [-0.2, -0.15) is 0 Å². The number of rotatable bonds is 5. The van der Waals surface area contributed by atoms with E-state index in [2.05, 4.69) is 0 Å². The van der Waals surface area contributed by atoms with Crippen LogP contribution in [0.15, 0.2) is 24.3 Å². The van der Waals surface area contributed by atoms with Crippen LogP contribution in [0.5, 0.6) is 0 Å². The fourth-order valence-corrected chi connectivity index (χ4v) is 4.40. The van der Waals surface area contributed by atoms with E-state index in [0.29, 0.717) is 32.6 Å². The number of hydrogen-bond acceptors (Lipinski definition) is 3. The van der Waals surface area contributed by atoms with Crippen molar-refractivity contribution >= 4 is 11.9 Å². The fraction of sp³-hybridized carbons (Fsp3) is 0.600. The normalized spacial score (nSPS) is 24.2. The van der Waals surface area contributed by atoms with Crippen molar-refractivity contribution in [3.63, 3.8) is 0 Å². The molecule has 148 valence electrons. The summed E-state index contributed by atoms with van der Waals surface area (Å²) in [4.78, 5) is 30.5. The zero-order valence-corrected chi connectivity index (χ0v) is 16.1. The van der Waals surface area contributed by atoms with E-state index < -0.39 is 0 Å². The first-order chi connectivity index (χ1) is 12.9. The van der Waals surface area contributed by atoms with Gasteiger partial charge in [0.15, 0.2) is 0 Å². The van der Waals surface area contributed by atoms with Crippen LogP contribution in [0, 0.1) is 17.7 Å². The lowest BCUT2D eigenvalue weighted by atomic mass is 9.89. The molecule has 2 heterocycles. The second-order valence-corrected chi connectivity index (χ2v) is 7.80. The molecule has 3 rings (SSSR count). The van der Waals surface area contributed by atoms with Gasteiger partial charge in [0.1, 0.15) is 5.82 Å². The number of urea groups is 1. The van der Waals surface area contributed by atoms with Gasteiger partial charge in [0.25, 0.3) is 0 Å². The molecule has 2 fully saturated rings. The molecule has 2 aliphatic heterocycles. The molecule has 1 aromatic rings.